The first kappa shape index (κ1) is 22.4. The zero-order chi connectivity index (χ0) is 22.8. The van der Waals surface area contributed by atoms with Crippen LogP contribution in [0.25, 0.3) is 16.7 Å². The number of pyridine rings is 1. The van der Waals surface area contributed by atoms with Gasteiger partial charge in [0.05, 0.1) is 24.0 Å². The number of aromatic nitrogens is 3. The number of fused-ring (bicyclic) bond motifs is 1. The highest BCUT2D eigenvalue weighted by molar-refractivity contribution is 6.39. The molecule has 0 spiro atoms. The molecule has 1 aliphatic rings. The Kier molecular flexibility index (Phi) is 6.53. The van der Waals surface area contributed by atoms with Gasteiger partial charge in [-0.3, -0.25) is 4.98 Å². The van der Waals surface area contributed by atoms with Crippen molar-refractivity contribution in [1.29, 1.82) is 0 Å². The van der Waals surface area contributed by atoms with Crippen LogP contribution in [-0.2, 0) is 6.54 Å². The number of ether oxygens (including phenoxy) is 1. The number of nitrogens with zero attached hydrogens (tertiary/aromatic N) is 4. The summed E-state index contributed by atoms with van der Waals surface area (Å²) in [6.07, 6.45) is 5.75. The summed E-state index contributed by atoms with van der Waals surface area (Å²) in [5.74, 6) is 0.515. The van der Waals surface area contributed by atoms with Crippen LogP contribution in [0.4, 0.5) is 5.69 Å². The average molecular weight is 470 g/mol. The standard InChI is InChI=1S/C24H25Cl2N5O/c1-5-14(2)19-12-27-18-9-11-21(30-23-17(25)8-10-20(32-4)22(23)26)31(24(18)29-19)13-16-7-6-15(3)28-16/h5,8-12,16,28H,3,6-7,13H2,1-2,4H3/b14-5+,30-21+. The van der Waals surface area contributed by atoms with E-state index in [-0.39, 0.29) is 6.04 Å². The van der Waals surface area contributed by atoms with Crippen LogP contribution in [0.1, 0.15) is 32.4 Å². The lowest BCUT2D eigenvalue weighted by atomic mass is 10.2. The summed E-state index contributed by atoms with van der Waals surface area (Å²) in [5.41, 5.74) is 5.60. The fourth-order valence-corrected chi connectivity index (χ4v) is 4.24. The molecule has 1 aromatic carbocycles. The molecule has 0 saturated carbocycles. The molecular weight excluding hydrogens is 445 g/mol. The molecular formula is C24H25Cl2N5O. The molecule has 166 valence electrons. The summed E-state index contributed by atoms with van der Waals surface area (Å²) in [6, 6.07) is 7.50. The van der Waals surface area contributed by atoms with Gasteiger partial charge in [-0.15, -0.1) is 0 Å². The molecule has 6 nitrogen and oxygen atoms in total. The fraction of sp³-hybridized carbons (Fsp3) is 0.292. The van der Waals surface area contributed by atoms with E-state index in [4.69, 9.17) is 37.9 Å². The Labute approximate surface area is 197 Å². The highest BCUT2D eigenvalue weighted by atomic mass is 35.5. The number of methoxy groups -OCH3 is 1. The number of benzene rings is 1. The van der Waals surface area contributed by atoms with Gasteiger partial charge in [0.1, 0.15) is 27.5 Å². The van der Waals surface area contributed by atoms with Crippen molar-refractivity contribution in [3.8, 4) is 5.75 Å². The van der Waals surface area contributed by atoms with Crippen molar-refractivity contribution < 1.29 is 4.74 Å². The van der Waals surface area contributed by atoms with E-state index in [9.17, 15) is 0 Å². The van der Waals surface area contributed by atoms with Gasteiger partial charge in [-0.2, -0.15) is 0 Å². The third kappa shape index (κ3) is 4.38. The Hall–Kier alpha value is -2.83. The van der Waals surface area contributed by atoms with Gasteiger partial charge >= 0.3 is 0 Å². The minimum absolute atomic E-state index is 0.219. The van der Waals surface area contributed by atoms with Gasteiger partial charge < -0.3 is 14.6 Å². The molecule has 3 aromatic rings. The van der Waals surface area contributed by atoms with E-state index in [1.165, 1.54) is 0 Å². The Morgan fingerprint density at radius 2 is 2.16 bits per heavy atom. The second-order valence-corrected chi connectivity index (χ2v) is 8.53. The molecule has 1 aliphatic heterocycles. The van der Waals surface area contributed by atoms with Crippen LogP contribution in [0.15, 0.2) is 53.8 Å². The number of nitrogens with one attached hydrogen (secondary N) is 1. The number of halogens is 2. The van der Waals surface area contributed by atoms with Crippen molar-refractivity contribution in [2.24, 2.45) is 4.99 Å². The molecule has 4 rings (SSSR count). The predicted octanol–water partition coefficient (Wildman–Crippen LogP) is 5.67. The van der Waals surface area contributed by atoms with Gasteiger partial charge in [-0.05, 0) is 56.5 Å². The van der Waals surface area contributed by atoms with Gasteiger partial charge in [0.25, 0.3) is 0 Å². The van der Waals surface area contributed by atoms with Crippen LogP contribution >= 0.6 is 23.2 Å². The van der Waals surface area contributed by atoms with Gasteiger partial charge in [-0.25, -0.2) is 9.98 Å². The number of hydrogen-bond acceptors (Lipinski definition) is 5. The van der Waals surface area contributed by atoms with E-state index >= 15 is 0 Å². The quantitative estimate of drug-likeness (QED) is 0.522. The summed E-state index contributed by atoms with van der Waals surface area (Å²) in [4.78, 5) is 14.4. The Balaban J connectivity index is 1.97. The lowest BCUT2D eigenvalue weighted by molar-refractivity contribution is 0.415. The summed E-state index contributed by atoms with van der Waals surface area (Å²) in [6.45, 7) is 8.72. The van der Waals surface area contributed by atoms with Crippen molar-refractivity contribution >= 4 is 45.6 Å². The van der Waals surface area contributed by atoms with E-state index in [0.717, 1.165) is 41.0 Å². The molecule has 1 N–H and O–H groups in total. The minimum atomic E-state index is 0.219. The topological polar surface area (TPSA) is 64.3 Å². The second kappa shape index (κ2) is 9.35. The van der Waals surface area contributed by atoms with Crippen molar-refractivity contribution in [3.05, 3.63) is 70.0 Å². The minimum Gasteiger partial charge on any atom is -0.495 e. The zero-order valence-corrected chi connectivity index (χ0v) is 19.8. The molecule has 0 amide bonds. The highest BCUT2D eigenvalue weighted by Crippen LogP contribution is 2.39. The summed E-state index contributed by atoms with van der Waals surface area (Å²) < 4.78 is 7.41. The smallest absolute Gasteiger partial charge is 0.160 e. The van der Waals surface area contributed by atoms with E-state index in [2.05, 4.69) is 21.4 Å². The van der Waals surface area contributed by atoms with Crippen LogP contribution in [0.3, 0.4) is 0 Å². The van der Waals surface area contributed by atoms with Crippen LogP contribution in [0.2, 0.25) is 10.0 Å². The third-order valence-corrected chi connectivity index (χ3v) is 6.29. The molecule has 0 bridgehead atoms. The second-order valence-electron chi connectivity index (χ2n) is 7.75. The van der Waals surface area contributed by atoms with Crippen molar-refractivity contribution in [3.63, 3.8) is 0 Å². The molecule has 0 aliphatic carbocycles. The molecule has 1 unspecified atom stereocenters. The van der Waals surface area contributed by atoms with Crippen LogP contribution in [0.5, 0.6) is 5.75 Å². The third-order valence-electron chi connectivity index (χ3n) is 5.62. The lowest BCUT2D eigenvalue weighted by Gasteiger charge is -2.17. The molecule has 1 saturated heterocycles. The predicted molar refractivity (Wildman–Crippen MR) is 130 cm³/mol. The molecule has 1 atom stereocenters. The number of rotatable bonds is 5. The van der Waals surface area contributed by atoms with Crippen LogP contribution in [-0.4, -0.2) is 27.7 Å². The van der Waals surface area contributed by atoms with Gasteiger partial charge in [0, 0.05) is 18.3 Å². The van der Waals surface area contributed by atoms with E-state index < -0.39 is 0 Å². The van der Waals surface area contributed by atoms with Crippen molar-refractivity contribution in [1.82, 2.24) is 19.9 Å². The number of hydrogen-bond donors (Lipinski definition) is 1. The molecule has 2 aromatic heterocycles. The summed E-state index contributed by atoms with van der Waals surface area (Å²) in [7, 11) is 1.56. The Morgan fingerprint density at radius 3 is 2.84 bits per heavy atom. The molecule has 0 radical (unpaired) electrons. The average Bonchev–Trinajstić information content (AvgIpc) is 3.21. The first-order valence-corrected chi connectivity index (χ1v) is 11.2. The molecule has 3 heterocycles. The zero-order valence-electron chi connectivity index (χ0n) is 18.3. The van der Waals surface area contributed by atoms with Gasteiger partial charge in [0.2, 0.25) is 0 Å². The van der Waals surface area contributed by atoms with E-state index in [1.807, 2.05) is 32.1 Å². The van der Waals surface area contributed by atoms with E-state index in [0.29, 0.717) is 33.5 Å². The fourth-order valence-electron chi connectivity index (χ4n) is 3.71. The first-order valence-electron chi connectivity index (χ1n) is 10.4. The maximum atomic E-state index is 6.54. The maximum Gasteiger partial charge on any atom is 0.160 e. The Bertz CT molecular complexity index is 1300. The Morgan fingerprint density at radius 1 is 1.34 bits per heavy atom. The maximum absolute atomic E-state index is 6.54. The van der Waals surface area contributed by atoms with Crippen LogP contribution in [0, 0.1) is 0 Å². The monoisotopic (exact) mass is 469 g/mol. The summed E-state index contributed by atoms with van der Waals surface area (Å²) in [5, 5.41) is 4.27. The van der Waals surface area contributed by atoms with E-state index in [1.54, 1.807) is 25.4 Å². The molecule has 32 heavy (non-hydrogen) atoms. The largest absolute Gasteiger partial charge is 0.495 e. The van der Waals surface area contributed by atoms with Crippen molar-refractivity contribution in [2.45, 2.75) is 39.3 Å². The van der Waals surface area contributed by atoms with Gasteiger partial charge in [-0.1, -0.05) is 35.9 Å². The normalized spacial score (nSPS) is 17.2. The van der Waals surface area contributed by atoms with Crippen LogP contribution < -0.4 is 15.5 Å². The number of allylic oxidation sites excluding steroid dienone is 3. The van der Waals surface area contributed by atoms with Crippen molar-refractivity contribution in [2.75, 3.05) is 7.11 Å². The first-order chi connectivity index (χ1) is 15.4. The SMILES string of the molecule is C=C1CCC(Cn2/c(=N/c3c(Cl)ccc(OC)c3Cl)ccc3ncc(/C(C)=C/C)nc32)N1. The molecule has 1 fully saturated rings. The lowest BCUT2D eigenvalue weighted by Crippen LogP contribution is -2.32. The summed E-state index contributed by atoms with van der Waals surface area (Å²) >= 11 is 13.0. The molecule has 8 heteroatoms. The van der Waals surface area contributed by atoms with Gasteiger partial charge in [0.15, 0.2) is 5.65 Å². The highest BCUT2D eigenvalue weighted by Gasteiger charge is 2.19.